The summed E-state index contributed by atoms with van der Waals surface area (Å²) in [5.41, 5.74) is 1.70. The van der Waals surface area contributed by atoms with Gasteiger partial charge >= 0.3 is 6.18 Å². The Kier molecular flexibility index (Phi) is 4.14. The van der Waals surface area contributed by atoms with Crippen LogP contribution < -0.4 is 0 Å². The monoisotopic (exact) mass is 280 g/mol. The molecule has 0 amide bonds. The van der Waals surface area contributed by atoms with Gasteiger partial charge in [-0.05, 0) is 35.2 Å². The molecule has 0 aliphatic heterocycles. The summed E-state index contributed by atoms with van der Waals surface area (Å²) >= 11 is 0. The Morgan fingerprint density at radius 1 is 0.900 bits per heavy atom. The Bertz CT molecular complexity index is 556. The predicted octanol–water partition coefficient (Wildman–Crippen LogP) is 4.82. The second-order valence-corrected chi connectivity index (χ2v) is 4.62. The van der Waals surface area contributed by atoms with Crippen LogP contribution in [0.1, 0.15) is 30.6 Å². The maximum absolute atomic E-state index is 12.5. The molecule has 1 N–H and O–H groups in total. The number of benzene rings is 2. The van der Waals surface area contributed by atoms with Crippen molar-refractivity contribution in [2.45, 2.75) is 25.6 Å². The minimum atomic E-state index is -4.31. The average Bonchev–Trinajstić information content (AvgIpc) is 2.46. The van der Waals surface area contributed by atoms with Gasteiger partial charge in [-0.1, -0.05) is 43.3 Å². The lowest BCUT2D eigenvalue weighted by Gasteiger charge is -2.10. The van der Waals surface area contributed by atoms with E-state index in [0.29, 0.717) is 6.42 Å². The van der Waals surface area contributed by atoms with Gasteiger partial charge in [0.2, 0.25) is 0 Å². The van der Waals surface area contributed by atoms with Crippen LogP contribution in [-0.2, 0) is 6.18 Å². The van der Waals surface area contributed by atoms with Crippen LogP contribution in [0, 0.1) is 0 Å². The van der Waals surface area contributed by atoms with E-state index < -0.39 is 17.8 Å². The number of aliphatic hydroxyl groups excluding tert-OH is 1. The van der Waals surface area contributed by atoms with Crippen LogP contribution in [0.4, 0.5) is 13.2 Å². The number of aliphatic hydroxyl groups is 1. The van der Waals surface area contributed by atoms with E-state index in [2.05, 4.69) is 0 Å². The number of halogens is 3. The Hall–Kier alpha value is -1.81. The third kappa shape index (κ3) is 3.20. The number of rotatable bonds is 3. The predicted molar refractivity (Wildman–Crippen MR) is 72.1 cm³/mol. The summed E-state index contributed by atoms with van der Waals surface area (Å²) in [5, 5.41) is 9.69. The van der Waals surface area contributed by atoms with Gasteiger partial charge in [-0.3, -0.25) is 0 Å². The smallest absolute Gasteiger partial charge is 0.388 e. The van der Waals surface area contributed by atoms with Crippen molar-refractivity contribution in [3.63, 3.8) is 0 Å². The van der Waals surface area contributed by atoms with E-state index in [1.54, 1.807) is 24.3 Å². The number of hydrogen-bond acceptors (Lipinski definition) is 1. The Balaban J connectivity index is 2.24. The topological polar surface area (TPSA) is 20.2 Å². The van der Waals surface area contributed by atoms with E-state index in [4.69, 9.17) is 0 Å². The summed E-state index contributed by atoms with van der Waals surface area (Å²) in [6, 6.07) is 12.2. The molecule has 1 atom stereocenters. The maximum Gasteiger partial charge on any atom is 0.416 e. The van der Waals surface area contributed by atoms with Crippen molar-refractivity contribution in [2.24, 2.45) is 0 Å². The molecule has 0 aliphatic carbocycles. The fourth-order valence-corrected chi connectivity index (χ4v) is 1.99. The normalized spacial score (nSPS) is 13.2. The first-order valence-electron chi connectivity index (χ1n) is 6.37. The summed E-state index contributed by atoms with van der Waals surface area (Å²) in [5.74, 6) is 0. The molecule has 1 nitrogen and oxygen atoms in total. The second-order valence-electron chi connectivity index (χ2n) is 4.62. The lowest BCUT2D eigenvalue weighted by atomic mass is 10.00. The van der Waals surface area contributed by atoms with Gasteiger partial charge < -0.3 is 5.11 Å². The van der Waals surface area contributed by atoms with Gasteiger partial charge in [0.15, 0.2) is 0 Å². The zero-order chi connectivity index (χ0) is 14.8. The molecule has 4 heteroatoms. The summed E-state index contributed by atoms with van der Waals surface area (Å²) in [4.78, 5) is 0. The van der Waals surface area contributed by atoms with E-state index in [9.17, 15) is 18.3 Å². The first-order valence-corrected chi connectivity index (χ1v) is 6.37. The molecule has 0 saturated heterocycles. The molecule has 2 rings (SSSR count). The van der Waals surface area contributed by atoms with Gasteiger partial charge in [-0.2, -0.15) is 13.2 Å². The van der Waals surface area contributed by atoms with Crippen LogP contribution in [0.15, 0.2) is 48.5 Å². The van der Waals surface area contributed by atoms with Crippen molar-refractivity contribution in [3.8, 4) is 11.1 Å². The summed E-state index contributed by atoms with van der Waals surface area (Å²) < 4.78 is 37.4. The third-order valence-corrected chi connectivity index (χ3v) is 3.23. The van der Waals surface area contributed by atoms with Crippen LogP contribution >= 0.6 is 0 Å². The molecule has 1 unspecified atom stereocenters. The van der Waals surface area contributed by atoms with Crippen molar-refractivity contribution in [3.05, 3.63) is 59.7 Å². The summed E-state index contributed by atoms with van der Waals surface area (Å²) in [6.07, 6.45) is -4.19. The minimum Gasteiger partial charge on any atom is -0.388 e. The molecule has 106 valence electrons. The van der Waals surface area contributed by atoms with Crippen molar-refractivity contribution in [1.82, 2.24) is 0 Å². The molecule has 0 aliphatic rings. The first kappa shape index (κ1) is 14.6. The van der Waals surface area contributed by atoms with Gasteiger partial charge in [-0.25, -0.2) is 0 Å². The molecule has 0 saturated carbocycles. The molecule has 0 radical (unpaired) electrons. The average molecular weight is 280 g/mol. The Morgan fingerprint density at radius 3 is 1.75 bits per heavy atom. The SMILES string of the molecule is CCC(O)c1ccc(-c2ccc(C(F)(F)F)cc2)cc1. The van der Waals surface area contributed by atoms with Crippen molar-refractivity contribution < 1.29 is 18.3 Å². The zero-order valence-electron chi connectivity index (χ0n) is 11.0. The molecular formula is C16H15F3O. The molecule has 2 aromatic rings. The minimum absolute atomic E-state index is 0.503. The lowest BCUT2D eigenvalue weighted by Crippen LogP contribution is -2.03. The summed E-state index contributed by atoms with van der Waals surface area (Å²) in [7, 11) is 0. The van der Waals surface area contributed by atoms with Gasteiger partial charge in [-0.15, -0.1) is 0 Å². The van der Waals surface area contributed by atoms with Crippen LogP contribution in [-0.4, -0.2) is 5.11 Å². The third-order valence-electron chi connectivity index (χ3n) is 3.23. The molecule has 0 bridgehead atoms. The van der Waals surface area contributed by atoms with Gasteiger partial charge in [0, 0.05) is 0 Å². The lowest BCUT2D eigenvalue weighted by molar-refractivity contribution is -0.137. The van der Waals surface area contributed by atoms with Crippen molar-refractivity contribution >= 4 is 0 Å². The van der Waals surface area contributed by atoms with Gasteiger partial charge in [0.05, 0.1) is 11.7 Å². The standard InChI is InChI=1S/C16H15F3O/c1-2-15(20)13-5-3-11(4-6-13)12-7-9-14(10-8-12)16(17,18)19/h3-10,15,20H,2H2,1H3. The van der Waals surface area contributed by atoms with Crippen LogP contribution in [0.25, 0.3) is 11.1 Å². The van der Waals surface area contributed by atoms with E-state index in [1.165, 1.54) is 12.1 Å². The largest absolute Gasteiger partial charge is 0.416 e. The van der Waals surface area contributed by atoms with Crippen molar-refractivity contribution in [1.29, 1.82) is 0 Å². The molecule has 20 heavy (non-hydrogen) atoms. The molecule has 0 heterocycles. The van der Waals surface area contributed by atoms with Crippen LogP contribution in [0.5, 0.6) is 0 Å². The van der Waals surface area contributed by atoms with Gasteiger partial charge in [0.1, 0.15) is 0 Å². The number of hydrogen-bond donors (Lipinski definition) is 1. The van der Waals surface area contributed by atoms with E-state index in [0.717, 1.165) is 28.8 Å². The van der Waals surface area contributed by atoms with Crippen LogP contribution in [0.3, 0.4) is 0 Å². The molecule has 0 aromatic heterocycles. The van der Waals surface area contributed by atoms with Crippen molar-refractivity contribution in [2.75, 3.05) is 0 Å². The molecule has 2 aromatic carbocycles. The Morgan fingerprint density at radius 2 is 1.35 bits per heavy atom. The molecule has 0 fully saturated rings. The highest BCUT2D eigenvalue weighted by Crippen LogP contribution is 2.31. The quantitative estimate of drug-likeness (QED) is 0.855. The van der Waals surface area contributed by atoms with E-state index in [1.807, 2.05) is 6.92 Å². The fraction of sp³-hybridized carbons (Fsp3) is 0.250. The first-order chi connectivity index (χ1) is 9.41. The highest BCUT2D eigenvalue weighted by Gasteiger charge is 2.29. The van der Waals surface area contributed by atoms with E-state index >= 15 is 0 Å². The molecule has 0 spiro atoms. The molecular weight excluding hydrogens is 265 g/mol. The van der Waals surface area contributed by atoms with Crippen LogP contribution in [0.2, 0.25) is 0 Å². The van der Waals surface area contributed by atoms with Gasteiger partial charge in [0.25, 0.3) is 0 Å². The maximum atomic E-state index is 12.5. The highest BCUT2D eigenvalue weighted by molar-refractivity contribution is 5.64. The number of alkyl halides is 3. The summed E-state index contributed by atoms with van der Waals surface area (Å²) in [6.45, 7) is 1.88. The zero-order valence-corrected chi connectivity index (χ0v) is 11.0. The second kappa shape index (κ2) is 5.67. The highest BCUT2D eigenvalue weighted by atomic mass is 19.4. The van der Waals surface area contributed by atoms with E-state index in [-0.39, 0.29) is 0 Å². The Labute approximate surface area is 115 Å². The fourth-order valence-electron chi connectivity index (χ4n) is 1.99.